The van der Waals surface area contributed by atoms with Gasteiger partial charge >= 0.3 is 11.4 Å². The molecule has 2 unspecified atom stereocenters. The molecule has 0 saturated carbocycles. The summed E-state index contributed by atoms with van der Waals surface area (Å²) in [6.07, 6.45) is 4.36. The first kappa shape index (κ1) is 44.3. The van der Waals surface area contributed by atoms with Crippen LogP contribution in [0.4, 0.5) is 51.7 Å². The number of hydrogen-bond acceptors (Lipinski definition) is 8. The molecule has 1 saturated heterocycles. The number of hydrogen-bond donors (Lipinski definition) is 1. The fraction of sp³-hybridized carbons (Fsp3) is 0.373. The number of fused-ring (bicyclic) bond motifs is 4. The van der Waals surface area contributed by atoms with Gasteiger partial charge in [0.1, 0.15) is 0 Å². The minimum atomic E-state index is -2.76. The van der Waals surface area contributed by atoms with E-state index >= 15 is 8.78 Å². The van der Waals surface area contributed by atoms with E-state index in [1.165, 1.54) is 0 Å². The quantitative estimate of drug-likeness (QED) is 0.143. The van der Waals surface area contributed by atoms with Crippen LogP contribution in [0, 0.1) is 5.92 Å². The van der Waals surface area contributed by atoms with Gasteiger partial charge in [-0.1, -0.05) is 0 Å². The van der Waals surface area contributed by atoms with E-state index in [-0.39, 0.29) is 34.3 Å². The Morgan fingerprint density at radius 2 is 1.20 bits per heavy atom. The molecule has 3 aliphatic heterocycles. The highest BCUT2D eigenvalue weighted by atomic mass is 19.3. The lowest BCUT2D eigenvalue weighted by atomic mass is 9.78. The Labute approximate surface area is 395 Å². The van der Waals surface area contributed by atoms with E-state index < -0.39 is 12.9 Å². The zero-order valence-corrected chi connectivity index (χ0v) is 39.6. The van der Waals surface area contributed by atoms with Crippen LogP contribution in [-0.2, 0) is 48.7 Å². The summed E-state index contributed by atoms with van der Waals surface area (Å²) in [6, 6.07) is 15.2. The van der Waals surface area contributed by atoms with Crippen LogP contribution >= 0.6 is 0 Å². The van der Waals surface area contributed by atoms with Crippen molar-refractivity contribution in [2.75, 3.05) is 53.2 Å². The van der Waals surface area contributed by atoms with Crippen LogP contribution in [0.1, 0.15) is 60.3 Å². The number of aryl methyl sites for hydroxylation is 7. The number of nitrogens with zero attached hydrogens (tertiary/aromatic N) is 11. The van der Waals surface area contributed by atoms with Crippen molar-refractivity contribution in [1.82, 2.24) is 37.8 Å². The van der Waals surface area contributed by atoms with Crippen LogP contribution in [0.3, 0.4) is 0 Å². The third kappa shape index (κ3) is 7.03. The van der Waals surface area contributed by atoms with Crippen molar-refractivity contribution in [3.05, 3.63) is 117 Å². The van der Waals surface area contributed by atoms with Gasteiger partial charge < -0.3 is 20.0 Å². The van der Waals surface area contributed by atoms with E-state index in [4.69, 9.17) is 0 Å². The highest BCUT2D eigenvalue weighted by molar-refractivity contribution is 5.96. The molecule has 18 heteroatoms. The average Bonchev–Trinajstić information content (AvgIpc) is 4.19. The minimum Gasteiger partial charge on any atom is -0.386 e. The van der Waals surface area contributed by atoms with Crippen LogP contribution in [0.2, 0.25) is 0 Å². The number of imidazole rings is 2. The maximum absolute atomic E-state index is 15.3. The molecule has 1 fully saturated rings. The molecule has 7 heterocycles. The normalized spacial score (nSPS) is 17.3. The van der Waals surface area contributed by atoms with Gasteiger partial charge in [0.15, 0.2) is 0 Å². The van der Waals surface area contributed by atoms with E-state index in [0.717, 1.165) is 87.3 Å². The van der Waals surface area contributed by atoms with Crippen molar-refractivity contribution >= 4 is 56.2 Å². The Morgan fingerprint density at radius 1 is 0.623 bits per heavy atom. The van der Waals surface area contributed by atoms with Crippen molar-refractivity contribution in [3.63, 3.8) is 0 Å². The second kappa shape index (κ2) is 16.5. The first-order valence-corrected chi connectivity index (χ1v) is 23.4. The van der Waals surface area contributed by atoms with Crippen molar-refractivity contribution in [2.45, 2.75) is 44.5 Å². The molecular formula is C51H54F4N12O2. The van der Waals surface area contributed by atoms with Gasteiger partial charge in [-0.15, -0.1) is 0 Å². The Hall–Kier alpha value is -7.24. The monoisotopic (exact) mass is 942 g/mol. The number of nitrogens with one attached hydrogen (secondary N) is 1. The fourth-order valence-electron chi connectivity index (χ4n) is 11.7. The van der Waals surface area contributed by atoms with E-state index in [1.807, 2.05) is 37.4 Å². The lowest BCUT2D eigenvalue weighted by molar-refractivity contribution is 0.151. The largest absolute Gasteiger partial charge is 0.386 e. The standard InChI is InChI=1S/C51H54F4N12O2/c1-56-40-16-32(17-43-46(40)63(6)50(68)61(43)4)67-14-11-34(37-20-36(31-24-58-60(3)26-31)39(49(54)55)22-42(37)67)29-10-13-65(27-29)45-19-33(18-44-47(45)64(7)51(69)62(44)5)66-12-8-9-28-15-35(30-23-57-59(2)25-30)38(48(52)53)21-41(28)66/h15-26,29,34,48-49,56H,8-14,27H2,1-7H3. The third-order valence-corrected chi connectivity index (χ3v) is 15.1. The molecule has 0 aliphatic carbocycles. The summed E-state index contributed by atoms with van der Waals surface area (Å²) in [5, 5.41) is 11.9. The summed E-state index contributed by atoms with van der Waals surface area (Å²) in [4.78, 5) is 33.4. The number of rotatable bonds is 9. The highest BCUT2D eigenvalue weighted by Gasteiger charge is 2.39. The maximum atomic E-state index is 15.3. The lowest BCUT2D eigenvalue weighted by Gasteiger charge is -2.39. The van der Waals surface area contributed by atoms with Gasteiger partial charge in [-0.3, -0.25) is 27.6 Å². The van der Waals surface area contributed by atoms with Crippen molar-refractivity contribution in [1.29, 1.82) is 0 Å². The zero-order valence-electron chi connectivity index (χ0n) is 39.6. The topological polar surface area (TPSA) is 111 Å². The number of anilines is 6. The molecule has 4 aromatic carbocycles. The Morgan fingerprint density at radius 3 is 1.81 bits per heavy atom. The lowest BCUT2D eigenvalue weighted by Crippen LogP contribution is -2.32. The Bertz CT molecular complexity index is 3480. The summed E-state index contributed by atoms with van der Waals surface area (Å²) in [6.45, 7) is 2.46. The van der Waals surface area contributed by atoms with Gasteiger partial charge in [-0.2, -0.15) is 10.2 Å². The third-order valence-electron chi connectivity index (χ3n) is 15.1. The number of aromatic nitrogens is 8. The van der Waals surface area contributed by atoms with Crippen LogP contribution in [-0.4, -0.2) is 71.1 Å². The molecule has 8 aromatic rings. The summed E-state index contributed by atoms with van der Waals surface area (Å²) in [5.41, 5.74) is 11.2. The van der Waals surface area contributed by atoms with Crippen molar-refractivity contribution in [2.24, 2.45) is 48.2 Å². The SMILES string of the molecule is CNc1cc(N2CCC(C3CCN(c4cc(N5CCCc6cc(-c7cnn(C)c7)c(C(F)F)cc65)cc5c4n(C)c(=O)n5C)C3)c3cc(-c4cnn(C)c4)c(C(F)F)cc32)cc2c1n(C)c(=O)n2C. The summed E-state index contributed by atoms with van der Waals surface area (Å²) in [5.74, 6) is 0.0796. The summed E-state index contributed by atoms with van der Waals surface area (Å²) in [7, 11) is 12.4. The Balaban J connectivity index is 1.01. The first-order valence-electron chi connectivity index (χ1n) is 23.4. The van der Waals surface area contributed by atoms with Gasteiger partial charge in [0.25, 0.3) is 12.9 Å². The molecule has 358 valence electrons. The molecule has 3 aliphatic rings. The van der Waals surface area contributed by atoms with Crippen LogP contribution in [0.25, 0.3) is 44.3 Å². The molecule has 0 bridgehead atoms. The molecule has 4 aromatic heterocycles. The summed E-state index contributed by atoms with van der Waals surface area (Å²) < 4.78 is 70.2. The average molecular weight is 943 g/mol. The second-order valence-corrected chi connectivity index (χ2v) is 19.0. The van der Waals surface area contributed by atoms with Crippen LogP contribution < -0.4 is 31.4 Å². The zero-order chi connectivity index (χ0) is 48.3. The molecule has 69 heavy (non-hydrogen) atoms. The second-order valence-electron chi connectivity index (χ2n) is 19.0. The molecule has 0 radical (unpaired) electrons. The Kier molecular flexibility index (Phi) is 10.6. The predicted molar refractivity (Wildman–Crippen MR) is 263 cm³/mol. The van der Waals surface area contributed by atoms with Crippen LogP contribution in [0.15, 0.2) is 82.9 Å². The molecular weight excluding hydrogens is 889 g/mol. The van der Waals surface area contributed by atoms with E-state index in [2.05, 4.69) is 36.3 Å². The molecule has 11 rings (SSSR count). The van der Waals surface area contributed by atoms with Gasteiger partial charge in [0.2, 0.25) is 0 Å². The number of halogens is 4. The van der Waals surface area contributed by atoms with Crippen LogP contribution in [0.5, 0.6) is 0 Å². The maximum Gasteiger partial charge on any atom is 0.328 e. The van der Waals surface area contributed by atoms with Gasteiger partial charge in [-0.05, 0) is 108 Å². The van der Waals surface area contributed by atoms with E-state index in [1.54, 1.807) is 107 Å². The molecule has 0 amide bonds. The molecule has 14 nitrogen and oxygen atoms in total. The smallest absolute Gasteiger partial charge is 0.328 e. The number of benzene rings is 4. The minimum absolute atomic E-state index is 0.0222. The van der Waals surface area contributed by atoms with Crippen molar-refractivity contribution in [3.8, 4) is 22.3 Å². The molecule has 0 spiro atoms. The predicted octanol–water partition coefficient (Wildman–Crippen LogP) is 9.02. The summed E-state index contributed by atoms with van der Waals surface area (Å²) >= 11 is 0. The number of alkyl halides is 4. The van der Waals surface area contributed by atoms with Gasteiger partial charge in [0, 0.05) is 133 Å². The fourth-order valence-corrected chi connectivity index (χ4v) is 11.7. The van der Waals surface area contributed by atoms with Crippen molar-refractivity contribution < 1.29 is 17.6 Å². The first-order chi connectivity index (χ1) is 33.1. The van der Waals surface area contributed by atoms with Gasteiger partial charge in [-0.25, -0.2) is 27.2 Å². The van der Waals surface area contributed by atoms with E-state index in [0.29, 0.717) is 54.1 Å². The highest BCUT2D eigenvalue weighted by Crippen LogP contribution is 2.51. The van der Waals surface area contributed by atoms with Gasteiger partial charge in [0.05, 0.1) is 45.8 Å². The molecule has 2 atom stereocenters. The molecule has 1 N–H and O–H groups in total. The van der Waals surface area contributed by atoms with E-state index in [9.17, 15) is 18.4 Å².